The Morgan fingerprint density at radius 1 is 1.08 bits per heavy atom. The molecule has 3 aromatic rings. The minimum absolute atomic E-state index is 0.234. The summed E-state index contributed by atoms with van der Waals surface area (Å²) in [5.41, 5.74) is 2.48. The lowest BCUT2D eigenvalue weighted by Gasteiger charge is -2.08. The fourth-order valence-corrected chi connectivity index (χ4v) is 3.95. The van der Waals surface area contributed by atoms with Gasteiger partial charge in [0.25, 0.3) is 5.24 Å². The molecule has 2 aromatic heterocycles. The number of hydrogen-bond donors (Lipinski definition) is 3. The summed E-state index contributed by atoms with van der Waals surface area (Å²) < 4.78 is 12.9. The molecule has 12 nitrogen and oxygen atoms in total. The van der Waals surface area contributed by atoms with Crippen molar-refractivity contribution in [2.45, 2.75) is 18.3 Å². The standard InChI is InChI=1S/C19H18N4O4S.C4H4O4/c1-23-15(20-13-7-8-16(26-2)21-17(13)23)10-27-12-5-3-11(4-6-12)9-14-18(24)22-19(25)28-14;5-3(6)1-2-4(7)8/h3-8,14H,9-10H2,1-2H3,(H,22,24,25);1-2H,(H,5,6)(H,7,8)/b;2-1+. The van der Waals surface area contributed by atoms with E-state index in [1.165, 1.54) is 0 Å². The number of thioether (sulfide) groups is 1. The molecule has 1 aliphatic rings. The molecule has 0 bridgehead atoms. The predicted octanol–water partition coefficient (Wildman–Crippen LogP) is 2.16. The van der Waals surface area contributed by atoms with E-state index in [1.807, 2.05) is 41.9 Å². The monoisotopic (exact) mass is 514 g/mol. The van der Waals surface area contributed by atoms with Crippen LogP contribution in [0.25, 0.3) is 11.2 Å². The van der Waals surface area contributed by atoms with Crippen LogP contribution in [0.3, 0.4) is 0 Å². The van der Waals surface area contributed by atoms with Crippen molar-refractivity contribution in [2.24, 2.45) is 7.05 Å². The number of aromatic nitrogens is 3. The maximum Gasteiger partial charge on any atom is 0.328 e. The van der Waals surface area contributed by atoms with Crippen LogP contribution in [0.4, 0.5) is 4.79 Å². The van der Waals surface area contributed by atoms with E-state index < -0.39 is 11.9 Å². The number of aryl methyl sites for hydroxylation is 1. The lowest BCUT2D eigenvalue weighted by molar-refractivity contribution is -0.134. The third kappa shape index (κ3) is 7.06. The second-order valence-electron chi connectivity index (χ2n) is 7.31. The van der Waals surface area contributed by atoms with Gasteiger partial charge in [-0.15, -0.1) is 0 Å². The van der Waals surface area contributed by atoms with Gasteiger partial charge in [-0.25, -0.2) is 14.6 Å². The molecule has 1 saturated heterocycles. The number of carbonyl (C=O) groups is 4. The Labute approximate surface area is 208 Å². The van der Waals surface area contributed by atoms with Gasteiger partial charge in [0.2, 0.25) is 11.8 Å². The summed E-state index contributed by atoms with van der Waals surface area (Å²) in [5, 5.41) is 17.3. The number of carboxylic acids is 2. The average molecular weight is 515 g/mol. The Balaban J connectivity index is 0.000000392. The summed E-state index contributed by atoms with van der Waals surface area (Å²) >= 11 is 1.03. The van der Waals surface area contributed by atoms with E-state index in [4.69, 9.17) is 19.7 Å². The van der Waals surface area contributed by atoms with Crippen molar-refractivity contribution in [2.75, 3.05) is 7.11 Å². The molecule has 36 heavy (non-hydrogen) atoms. The average Bonchev–Trinajstić information content (AvgIpc) is 3.34. The zero-order valence-electron chi connectivity index (χ0n) is 19.2. The largest absolute Gasteiger partial charge is 0.486 e. The van der Waals surface area contributed by atoms with Gasteiger partial charge in [0.15, 0.2) is 5.65 Å². The summed E-state index contributed by atoms with van der Waals surface area (Å²) in [5.74, 6) is -0.769. The van der Waals surface area contributed by atoms with E-state index >= 15 is 0 Å². The van der Waals surface area contributed by atoms with Crippen molar-refractivity contribution >= 4 is 46.0 Å². The number of carboxylic acid groups (broad SMARTS) is 2. The Kier molecular flexibility index (Phi) is 8.62. The van der Waals surface area contributed by atoms with Gasteiger partial charge >= 0.3 is 11.9 Å². The summed E-state index contributed by atoms with van der Waals surface area (Å²) in [6.07, 6.45) is 1.62. The van der Waals surface area contributed by atoms with Crippen LogP contribution >= 0.6 is 11.8 Å². The van der Waals surface area contributed by atoms with Crippen molar-refractivity contribution in [3.8, 4) is 11.6 Å². The number of ether oxygens (including phenoxy) is 2. The Morgan fingerprint density at radius 3 is 2.31 bits per heavy atom. The van der Waals surface area contributed by atoms with Crippen LogP contribution < -0.4 is 14.8 Å². The highest BCUT2D eigenvalue weighted by Crippen LogP contribution is 2.24. The van der Waals surface area contributed by atoms with Crippen LogP contribution in [0.2, 0.25) is 0 Å². The Hall–Kier alpha value is -4.39. The normalized spacial score (nSPS) is 14.9. The van der Waals surface area contributed by atoms with Crippen LogP contribution in [0.5, 0.6) is 11.6 Å². The van der Waals surface area contributed by atoms with Crippen LogP contribution in [0, 0.1) is 0 Å². The first-order valence-electron chi connectivity index (χ1n) is 10.4. The molecule has 1 fully saturated rings. The second-order valence-corrected chi connectivity index (χ2v) is 8.49. The van der Waals surface area contributed by atoms with Crippen molar-refractivity contribution in [3.05, 3.63) is 59.9 Å². The number of benzene rings is 1. The lowest BCUT2D eigenvalue weighted by Crippen LogP contribution is -2.25. The highest BCUT2D eigenvalue weighted by atomic mass is 32.2. The van der Waals surface area contributed by atoms with Crippen LogP contribution in [-0.4, -0.2) is 60.2 Å². The number of nitrogens with zero attached hydrogens (tertiary/aromatic N) is 3. The minimum Gasteiger partial charge on any atom is -0.486 e. The molecule has 0 aliphatic carbocycles. The van der Waals surface area contributed by atoms with Crippen molar-refractivity contribution < 1.29 is 38.9 Å². The van der Waals surface area contributed by atoms with E-state index in [9.17, 15) is 19.2 Å². The molecule has 0 spiro atoms. The molecule has 1 atom stereocenters. The number of hydrogen-bond acceptors (Lipinski definition) is 9. The van der Waals surface area contributed by atoms with Gasteiger partial charge in [-0.3, -0.25) is 14.9 Å². The molecule has 3 N–H and O–H groups in total. The number of pyridine rings is 1. The number of carbonyl (C=O) groups excluding carboxylic acids is 2. The van der Waals surface area contributed by atoms with Crippen LogP contribution in [0.15, 0.2) is 48.6 Å². The lowest BCUT2D eigenvalue weighted by atomic mass is 10.1. The van der Waals surface area contributed by atoms with Crippen molar-refractivity contribution in [1.82, 2.24) is 19.9 Å². The van der Waals surface area contributed by atoms with Gasteiger partial charge in [0.1, 0.15) is 23.7 Å². The number of fused-ring (bicyclic) bond motifs is 1. The van der Waals surface area contributed by atoms with Gasteiger partial charge in [-0.05, 0) is 30.2 Å². The van der Waals surface area contributed by atoms with Gasteiger partial charge in [0.05, 0.1) is 12.4 Å². The topological polar surface area (TPSA) is 170 Å². The first-order chi connectivity index (χ1) is 17.2. The van der Waals surface area contributed by atoms with Gasteiger partial charge in [0, 0.05) is 25.3 Å². The zero-order valence-corrected chi connectivity index (χ0v) is 20.0. The smallest absolute Gasteiger partial charge is 0.328 e. The number of imidazole rings is 1. The quantitative estimate of drug-likeness (QED) is 0.376. The third-order valence-electron chi connectivity index (χ3n) is 4.84. The number of methoxy groups -OCH3 is 1. The van der Waals surface area contributed by atoms with E-state index in [0.717, 1.165) is 34.3 Å². The molecule has 1 unspecified atom stereocenters. The maximum absolute atomic E-state index is 11.7. The molecular formula is C23H22N4O8S. The predicted molar refractivity (Wildman–Crippen MR) is 129 cm³/mol. The van der Waals surface area contributed by atoms with Crippen LogP contribution in [-0.2, 0) is 34.5 Å². The number of aliphatic carboxylic acids is 2. The summed E-state index contributed by atoms with van der Waals surface area (Å²) in [6.45, 7) is 0.296. The summed E-state index contributed by atoms with van der Waals surface area (Å²) in [7, 11) is 3.46. The molecule has 4 rings (SSSR count). The first kappa shape index (κ1) is 26.2. The number of rotatable bonds is 8. The maximum atomic E-state index is 11.7. The molecule has 0 saturated carbocycles. The van der Waals surface area contributed by atoms with E-state index in [-0.39, 0.29) is 16.4 Å². The summed E-state index contributed by atoms with van der Waals surface area (Å²) in [4.78, 5) is 51.0. The third-order valence-corrected chi connectivity index (χ3v) is 5.82. The van der Waals surface area contributed by atoms with Crippen LogP contribution in [0.1, 0.15) is 11.4 Å². The fraction of sp³-hybridized carbons (Fsp3) is 0.217. The van der Waals surface area contributed by atoms with E-state index in [0.29, 0.717) is 36.8 Å². The molecular weight excluding hydrogens is 492 g/mol. The Morgan fingerprint density at radius 2 is 1.75 bits per heavy atom. The minimum atomic E-state index is -1.26. The molecule has 2 amide bonds. The molecule has 13 heteroatoms. The zero-order chi connectivity index (χ0) is 26.2. The second kappa shape index (κ2) is 11.8. The van der Waals surface area contributed by atoms with Crippen molar-refractivity contribution in [3.63, 3.8) is 0 Å². The number of nitrogens with one attached hydrogen (secondary N) is 1. The molecule has 1 aromatic carbocycles. The van der Waals surface area contributed by atoms with Gasteiger partial charge < -0.3 is 24.3 Å². The van der Waals surface area contributed by atoms with Gasteiger partial charge in [-0.2, -0.15) is 4.98 Å². The van der Waals surface area contributed by atoms with E-state index in [1.54, 1.807) is 13.2 Å². The number of imide groups is 1. The summed E-state index contributed by atoms with van der Waals surface area (Å²) in [6, 6.07) is 11.1. The Bertz CT molecular complexity index is 1300. The van der Waals surface area contributed by atoms with Crippen molar-refractivity contribution in [1.29, 1.82) is 0 Å². The molecule has 188 valence electrons. The molecule has 0 radical (unpaired) electrons. The highest BCUT2D eigenvalue weighted by molar-refractivity contribution is 8.15. The first-order valence-corrected chi connectivity index (χ1v) is 11.3. The SMILES string of the molecule is COc1ccc2nc(COc3ccc(CC4SC(=O)NC4=O)cc3)n(C)c2n1.O=C(O)/C=C/C(=O)O. The molecule has 3 heterocycles. The molecule has 1 aliphatic heterocycles. The fourth-order valence-electron chi connectivity index (χ4n) is 3.09. The highest BCUT2D eigenvalue weighted by Gasteiger charge is 2.31. The number of amides is 2. The van der Waals surface area contributed by atoms with E-state index in [2.05, 4.69) is 15.3 Å². The van der Waals surface area contributed by atoms with Gasteiger partial charge in [-0.1, -0.05) is 23.9 Å².